The van der Waals surface area contributed by atoms with E-state index in [0.29, 0.717) is 35.9 Å². The number of methoxy groups -OCH3 is 2. The first-order valence-electron chi connectivity index (χ1n) is 19.7. The monoisotopic (exact) mass is 790 g/mol. The highest BCUT2D eigenvalue weighted by Crippen LogP contribution is 2.35. The Morgan fingerprint density at radius 2 is 1.24 bits per heavy atom. The molecule has 7 rings (SSSR count). The molecule has 0 aliphatic carbocycles. The lowest BCUT2D eigenvalue weighted by Gasteiger charge is -2.29. The van der Waals surface area contributed by atoms with Crippen LogP contribution in [0.15, 0.2) is 61.1 Å². The molecule has 0 spiro atoms. The number of imidazole rings is 2. The lowest BCUT2D eigenvalue weighted by Crippen LogP contribution is -2.51. The van der Waals surface area contributed by atoms with Gasteiger partial charge in [-0.2, -0.15) is 0 Å². The number of amides is 4. The highest BCUT2D eigenvalue weighted by Gasteiger charge is 2.39. The minimum atomic E-state index is -0.713. The Hall–Kier alpha value is -6.32. The smallest absolute Gasteiger partial charge is 0.407 e. The van der Waals surface area contributed by atoms with Crippen LogP contribution in [0.25, 0.3) is 44.8 Å². The third-order valence-electron chi connectivity index (χ3n) is 11.0. The van der Waals surface area contributed by atoms with Gasteiger partial charge >= 0.3 is 12.2 Å². The van der Waals surface area contributed by atoms with E-state index in [1.807, 2.05) is 82.6 Å². The summed E-state index contributed by atoms with van der Waals surface area (Å²) < 4.78 is 9.51. The summed E-state index contributed by atoms with van der Waals surface area (Å²) in [6.45, 7) is 8.72. The fraction of sp³-hybridized carbons (Fsp3) is 0.429. The second kappa shape index (κ2) is 17.0. The number of likely N-dealkylation sites (tertiary alicyclic amines) is 2. The molecule has 16 nitrogen and oxygen atoms in total. The van der Waals surface area contributed by atoms with E-state index in [1.54, 1.807) is 16.0 Å². The summed E-state index contributed by atoms with van der Waals surface area (Å²) in [5, 5.41) is 5.38. The van der Waals surface area contributed by atoms with Crippen molar-refractivity contribution < 1.29 is 28.7 Å². The first-order valence-corrected chi connectivity index (χ1v) is 19.7. The number of hydrogen-bond acceptors (Lipinski definition) is 10. The molecular weight excluding hydrogens is 741 g/mol. The van der Waals surface area contributed by atoms with E-state index in [4.69, 9.17) is 24.4 Å². The summed E-state index contributed by atoms with van der Waals surface area (Å²) in [6, 6.07) is 12.1. The van der Waals surface area contributed by atoms with Gasteiger partial charge in [-0.3, -0.25) is 14.6 Å². The summed E-state index contributed by atoms with van der Waals surface area (Å²) in [7, 11) is 2.57. The van der Waals surface area contributed by atoms with Gasteiger partial charge in [0.2, 0.25) is 11.8 Å². The molecule has 4 atom stereocenters. The standard InChI is InChI=1S/C42H50N10O6/c1-23(2)34(48-41(55)57-5)39(53)51-17-7-9-32(51)37-45-22-31(47-37)26-13-11-25(12-14-26)27-15-16-29(43-20-27)28-19-30-36(44-21-28)50-38(46-30)33-10-8-18-52(33)40(54)35(24(3)4)49-42(56)58-6/h11-16,19-24,32-35H,7-10,17-18H2,1-6H3,(H,45,47)(H,48,55)(H,49,56)(H,44,46,50)/t32-,33-,34-,35-/m0/s1. The number of aromatic amines is 2. The highest BCUT2D eigenvalue weighted by molar-refractivity contribution is 5.87. The number of alkyl carbamates (subject to hydrolysis) is 2. The van der Waals surface area contributed by atoms with Crippen molar-refractivity contribution in [2.45, 2.75) is 77.5 Å². The summed E-state index contributed by atoms with van der Waals surface area (Å²) >= 11 is 0. The average molecular weight is 791 g/mol. The maximum atomic E-state index is 13.6. The Balaban J connectivity index is 1.02. The molecule has 2 aliphatic heterocycles. The SMILES string of the molecule is COC(=O)N[C@H](C(=O)N1CCC[C@H]1c1nc(-c2ccc(-c3ccc(-c4cnc5[nH]c([C@@H]6CCCN6C(=O)[C@@H](NC(=O)OC)C(C)C)nc5c4)nc3)cc2)c[nH]1)C(C)C. The van der Waals surface area contributed by atoms with Crippen molar-refractivity contribution in [3.05, 3.63) is 72.7 Å². The zero-order valence-corrected chi connectivity index (χ0v) is 33.6. The maximum Gasteiger partial charge on any atom is 0.407 e. The van der Waals surface area contributed by atoms with Crippen molar-refractivity contribution in [2.75, 3.05) is 27.3 Å². The molecule has 6 heterocycles. The van der Waals surface area contributed by atoms with Crippen LogP contribution in [0.4, 0.5) is 9.59 Å². The second-order valence-electron chi connectivity index (χ2n) is 15.5. The van der Waals surface area contributed by atoms with E-state index in [0.717, 1.165) is 59.3 Å². The zero-order valence-electron chi connectivity index (χ0n) is 33.6. The number of pyridine rings is 2. The number of carbonyl (C=O) groups is 4. The molecule has 58 heavy (non-hydrogen) atoms. The van der Waals surface area contributed by atoms with Crippen LogP contribution < -0.4 is 10.6 Å². The third-order valence-corrected chi connectivity index (χ3v) is 11.0. The molecule has 2 saturated heterocycles. The van der Waals surface area contributed by atoms with Crippen molar-refractivity contribution in [3.8, 4) is 33.6 Å². The molecule has 4 amide bonds. The van der Waals surface area contributed by atoms with E-state index < -0.39 is 24.3 Å². The molecule has 0 radical (unpaired) electrons. The molecule has 5 aromatic rings. The first-order chi connectivity index (χ1) is 27.9. The van der Waals surface area contributed by atoms with E-state index >= 15 is 0 Å². The van der Waals surface area contributed by atoms with Crippen molar-refractivity contribution in [3.63, 3.8) is 0 Å². The minimum Gasteiger partial charge on any atom is -0.453 e. The van der Waals surface area contributed by atoms with Gasteiger partial charge in [0.1, 0.15) is 29.2 Å². The van der Waals surface area contributed by atoms with Gasteiger partial charge < -0.3 is 39.9 Å². The number of aromatic nitrogens is 6. The summed E-state index contributed by atoms with van der Waals surface area (Å²) in [5.41, 5.74) is 6.49. The Kier molecular flexibility index (Phi) is 11.7. The molecule has 16 heteroatoms. The molecule has 2 fully saturated rings. The topological polar surface area (TPSA) is 200 Å². The maximum absolute atomic E-state index is 13.6. The normalized spacial score (nSPS) is 17.8. The summed E-state index contributed by atoms with van der Waals surface area (Å²) in [6.07, 6.45) is 7.36. The second-order valence-corrected chi connectivity index (χ2v) is 15.5. The molecule has 4 aromatic heterocycles. The molecular formula is C42H50N10O6. The number of rotatable bonds is 11. The van der Waals surface area contributed by atoms with Gasteiger partial charge in [-0.05, 0) is 55.2 Å². The molecule has 0 bridgehead atoms. The van der Waals surface area contributed by atoms with E-state index in [2.05, 4.69) is 25.6 Å². The van der Waals surface area contributed by atoms with E-state index in [1.165, 1.54) is 14.2 Å². The predicted molar refractivity (Wildman–Crippen MR) is 216 cm³/mol. The van der Waals surface area contributed by atoms with Crippen LogP contribution in [0.1, 0.15) is 77.1 Å². The molecule has 4 N–H and O–H groups in total. The van der Waals surface area contributed by atoms with Crippen LogP contribution in [0, 0.1) is 11.8 Å². The molecule has 0 unspecified atom stereocenters. The average Bonchev–Trinajstić information content (AvgIpc) is 4.07. The predicted octanol–water partition coefficient (Wildman–Crippen LogP) is 6.17. The van der Waals surface area contributed by atoms with Gasteiger partial charge in [0.25, 0.3) is 0 Å². The van der Waals surface area contributed by atoms with Crippen LogP contribution in [-0.2, 0) is 19.1 Å². The number of hydrogen-bond donors (Lipinski definition) is 4. The van der Waals surface area contributed by atoms with E-state index in [-0.39, 0.29) is 35.7 Å². The quantitative estimate of drug-likeness (QED) is 0.120. The molecule has 1 aromatic carbocycles. The number of carbonyl (C=O) groups excluding carboxylic acids is 4. The minimum absolute atomic E-state index is 0.111. The van der Waals surface area contributed by atoms with Gasteiger partial charge in [-0.15, -0.1) is 0 Å². The lowest BCUT2D eigenvalue weighted by molar-refractivity contribution is -0.136. The Morgan fingerprint density at radius 1 is 0.690 bits per heavy atom. The Morgan fingerprint density at radius 3 is 1.79 bits per heavy atom. The van der Waals surface area contributed by atoms with Gasteiger partial charge in [-0.25, -0.2) is 24.5 Å². The molecule has 0 saturated carbocycles. The number of H-pyrrole nitrogens is 2. The molecule has 2 aliphatic rings. The van der Waals surface area contributed by atoms with Crippen molar-refractivity contribution in [1.82, 2.24) is 50.3 Å². The summed E-state index contributed by atoms with van der Waals surface area (Å²) in [4.78, 5) is 80.4. The lowest BCUT2D eigenvalue weighted by atomic mass is 10.0. The van der Waals surface area contributed by atoms with Crippen LogP contribution in [0.2, 0.25) is 0 Å². The molecule has 304 valence electrons. The van der Waals surface area contributed by atoms with Crippen LogP contribution in [0.3, 0.4) is 0 Å². The van der Waals surface area contributed by atoms with Crippen molar-refractivity contribution in [1.29, 1.82) is 0 Å². The number of ether oxygens (including phenoxy) is 2. The number of nitrogens with zero attached hydrogens (tertiary/aromatic N) is 6. The van der Waals surface area contributed by atoms with Crippen LogP contribution in [0.5, 0.6) is 0 Å². The Bertz CT molecular complexity index is 2270. The highest BCUT2D eigenvalue weighted by atomic mass is 16.5. The largest absolute Gasteiger partial charge is 0.453 e. The van der Waals surface area contributed by atoms with Gasteiger partial charge in [0.15, 0.2) is 5.65 Å². The van der Waals surface area contributed by atoms with Gasteiger partial charge in [-0.1, -0.05) is 58.0 Å². The zero-order chi connectivity index (χ0) is 41.1. The van der Waals surface area contributed by atoms with Crippen molar-refractivity contribution >= 4 is 35.2 Å². The van der Waals surface area contributed by atoms with Crippen molar-refractivity contribution in [2.24, 2.45) is 11.8 Å². The Labute approximate surface area is 336 Å². The fourth-order valence-corrected chi connectivity index (χ4v) is 7.82. The first kappa shape index (κ1) is 39.9. The number of nitrogens with one attached hydrogen (secondary N) is 4. The van der Waals surface area contributed by atoms with Crippen LogP contribution >= 0.6 is 0 Å². The van der Waals surface area contributed by atoms with E-state index in [9.17, 15) is 19.2 Å². The third kappa shape index (κ3) is 8.22. The summed E-state index contributed by atoms with van der Waals surface area (Å²) in [5.74, 6) is 0.819. The fourth-order valence-electron chi connectivity index (χ4n) is 7.82. The van der Waals surface area contributed by atoms with Crippen LogP contribution in [-0.4, -0.2) is 103 Å². The van der Waals surface area contributed by atoms with Gasteiger partial charge in [0, 0.05) is 48.4 Å². The number of benzene rings is 1. The van der Waals surface area contributed by atoms with Gasteiger partial charge in [0.05, 0.1) is 37.7 Å². The number of fused-ring (bicyclic) bond motifs is 1.